The molecule has 2 aliphatic rings. The highest BCUT2D eigenvalue weighted by atomic mass is 16.1. The van der Waals surface area contributed by atoms with E-state index in [1.54, 1.807) is 6.07 Å². The van der Waals surface area contributed by atoms with E-state index in [0.29, 0.717) is 11.5 Å². The second kappa shape index (κ2) is 3.35. The molecule has 1 aromatic rings. The molecule has 1 heterocycles. The van der Waals surface area contributed by atoms with Gasteiger partial charge in [-0.05, 0) is 23.8 Å². The van der Waals surface area contributed by atoms with Gasteiger partial charge in [0.1, 0.15) is 0 Å². The minimum absolute atomic E-state index is 0.378. The van der Waals surface area contributed by atoms with E-state index in [4.69, 9.17) is 5.73 Å². The molecular formula is C12H13N3O. The summed E-state index contributed by atoms with van der Waals surface area (Å²) in [6, 6.07) is 5.61. The van der Waals surface area contributed by atoms with Crippen molar-refractivity contribution in [3.05, 3.63) is 34.2 Å². The van der Waals surface area contributed by atoms with Crippen LogP contribution in [-0.2, 0) is 0 Å². The van der Waals surface area contributed by atoms with Crippen LogP contribution in [0.15, 0.2) is 18.2 Å². The van der Waals surface area contributed by atoms with Gasteiger partial charge in [0.25, 0.3) is 0 Å². The molecular weight excluding hydrogens is 202 g/mol. The van der Waals surface area contributed by atoms with Gasteiger partial charge >= 0.3 is 0 Å². The Labute approximate surface area is 92.8 Å². The van der Waals surface area contributed by atoms with Crippen LogP contribution in [0.5, 0.6) is 0 Å². The van der Waals surface area contributed by atoms with Crippen molar-refractivity contribution in [3.8, 4) is 0 Å². The van der Waals surface area contributed by atoms with Crippen LogP contribution >= 0.6 is 0 Å². The Bertz CT molecular complexity index is 576. The zero-order valence-corrected chi connectivity index (χ0v) is 8.79. The quantitative estimate of drug-likeness (QED) is 0.551. The second-order valence-corrected chi connectivity index (χ2v) is 4.22. The molecule has 1 aliphatic carbocycles. The fraction of sp³-hybridized carbons (Fsp3) is 0.250. The number of nitrogens with one attached hydrogen (secondary N) is 2. The standard InChI is InChI=1S/C12H13N3O/c13-12(16)8-3-1-7-2-4-9-6-14-15-11(9)10(7)5-8/h1-3,5,9,14-15H,4,6H2,(H2,13,16). The number of benzene rings is 1. The number of hydrogen-bond donors (Lipinski definition) is 3. The first kappa shape index (κ1) is 9.42. The second-order valence-electron chi connectivity index (χ2n) is 4.22. The van der Waals surface area contributed by atoms with Crippen molar-refractivity contribution < 1.29 is 4.79 Å². The summed E-state index contributed by atoms with van der Waals surface area (Å²) in [6.45, 7) is 0.937. The molecule has 1 aromatic carbocycles. The van der Waals surface area contributed by atoms with Crippen molar-refractivity contribution >= 4 is 17.7 Å². The molecule has 1 fully saturated rings. The summed E-state index contributed by atoms with van der Waals surface area (Å²) in [4.78, 5) is 11.1. The van der Waals surface area contributed by atoms with E-state index < -0.39 is 0 Å². The maximum absolute atomic E-state index is 11.1. The van der Waals surface area contributed by atoms with Crippen molar-refractivity contribution in [1.29, 1.82) is 0 Å². The molecule has 0 spiro atoms. The van der Waals surface area contributed by atoms with Crippen LogP contribution in [0.4, 0.5) is 0 Å². The summed E-state index contributed by atoms with van der Waals surface area (Å²) in [7, 11) is 0. The molecule has 4 N–H and O–H groups in total. The first-order valence-corrected chi connectivity index (χ1v) is 5.39. The van der Waals surface area contributed by atoms with Crippen molar-refractivity contribution in [2.75, 3.05) is 6.54 Å². The number of carbonyl (C=O) groups excluding carboxylic acids is 1. The molecule has 0 radical (unpaired) electrons. The monoisotopic (exact) mass is 215 g/mol. The number of nitrogens with two attached hydrogens (primary N) is 1. The van der Waals surface area contributed by atoms with E-state index in [0.717, 1.165) is 18.2 Å². The van der Waals surface area contributed by atoms with Crippen molar-refractivity contribution in [3.63, 3.8) is 0 Å². The number of primary amides is 1. The minimum Gasteiger partial charge on any atom is -0.366 e. The molecule has 4 heteroatoms. The molecule has 1 atom stereocenters. The zero-order valence-electron chi connectivity index (χ0n) is 8.79. The number of carbonyl (C=O) groups is 1. The van der Waals surface area contributed by atoms with Gasteiger partial charge in [-0.2, -0.15) is 0 Å². The van der Waals surface area contributed by atoms with Gasteiger partial charge in [-0.1, -0.05) is 12.1 Å². The summed E-state index contributed by atoms with van der Waals surface area (Å²) in [5.74, 6) is 0.118. The number of hydrazine groups is 1. The van der Waals surface area contributed by atoms with Gasteiger partial charge in [-0.15, -0.1) is 0 Å². The van der Waals surface area contributed by atoms with Gasteiger partial charge in [0.2, 0.25) is 5.91 Å². The number of hydrogen-bond acceptors (Lipinski definition) is 3. The SMILES string of the molecule is NC(=O)c1ccc2c(c1)=C1NNCC1CC=2. The lowest BCUT2D eigenvalue weighted by atomic mass is 9.94. The number of fused-ring (bicyclic) bond motifs is 2. The fourth-order valence-electron chi connectivity index (χ4n) is 2.35. The Balaban J connectivity index is 2.30. The van der Waals surface area contributed by atoms with E-state index in [-0.39, 0.29) is 5.91 Å². The Morgan fingerprint density at radius 3 is 3.12 bits per heavy atom. The highest BCUT2D eigenvalue weighted by molar-refractivity contribution is 5.92. The van der Waals surface area contributed by atoms with Crippen molar-refractivity contribution in [2.45, 2.75) is 6.42 Å². The average molecular weight is 215 g/mol. The van der Waals surface area contributed by atoms with Crippen LogP contribution in [0, 0.1) is 5.92 Å². The molecule has 0 bridgehead atoms. The van der Waals surface area contributed by atoms with Gasteiger partial charge in [0.15, 0.2) is 0 Å². The lowest BCUT2D eigenvalue weighted by molar-refractivity contribution is 0.1000. The first-order valence-electron chi connectivity index (χ1n) is 5.39. The topological polar surface area (TPSA) is 67.2 Å². The van der Waals surface area contributed by atoms with Crippen molar-refractivity contribution in [2.24, 2.45) is 11.7 Å². The van der Waals surface area contributed by atoms with Gasteiger partial charge in [-0.3, -0.25) is 4.79 Å². The highest BCUT2D eigenvalue weighted by Crippen LogP contribution is 2.17. The largest absolute Gasteiger partial charge is 0.366 e. The minimum atomic E-state index is -0.378. The van der Waals surface area contributed by atoms with E-state index in [2.05, 4.69) is 16.9 Å². The summed E-state index contributed by atoms with van der Waals surface area (Å²) in [5.41, 5.74) is 13.3. The van der Waals surface area contributed by atoms with Crippen molar-refractivity contribution in [1.82, 2.24) is 10.9 Å². The Morgan fingerprint density at radius 2 is 2.31 bits per heavy atom. The molecule has 4 nitrogen and oxygen atoms in total. The van der Waals surface area contributed by atoms with E-state index in [9.17, 15) is 4.79 Å². The van der Waals surface area contributed by atoms with E-state index >= 15 is 0 Å². The first-order chi connectivity index (χ1) is 7.75. The molecule has 0 aromatic heterocycles. The third-order valence-electron chi connectivity index (χ3n) is 3.23. The fourth-order valence-corrected chi connectivity index (χ4v) is 2.35. The third kappa shape index (κ3) is 1.31. The molecule has 1 saturated heterocycles. The maximum atomic E-state index is 11.1. The van der Waals surface area contributed by atoms with Crippen LogP contribution in [0.1, 0.15) is 16.8 Å². The predicted octanol–water partition coefficient (Wildman–Crippen LogP) is -1.20. The predicted molar refractivity (Wildman–Crippen MR) is 61.3 cm³/mol. The average Bonchev–Trinajstić information content (AvgIpc) is 2.76. The number of rotatable bonds is 1. The Morgan fingerprint density at radius 1 is 1.44 bits per heavy atom. The summed E-state index contributed by atoms with van der Waals surface area (Å²) in [5, 5.41) is 2.27. The van der Waals surface area contributed by atoms with Crippen LogP contribution in [0.2, 0.25) is 0 Å². The van der Waals surface area contributed by atoms with E-state index in [1.807, 2.05) is 12.1 Å². The van der Waals surface area contributed by atoms with Crippen LogP contribution in [0.3, 0.4) is 0 Å². The zero-order chi connectivity index (χ0) is 11.1. The summed E-state index contributed by atoms with van der Waals surface area (Å²) in [6.07, 6.45) is 3.25. The van der Waals surface area contributed by atoms with E-state index in [1.165, 1.54) is 10.9 Å². The molecule has 3 rings (SSSR count). The lowest BCUT2D eigenvalue weighted by Gasteiger charge is -2.13. The van der Waals surface area contributed by atoms with Gasteiger partial charge in [0.05, 0.1) is 0 Å². The third-order valence-corrected chi connectivity index (χ3v) is 3.23. The molecule has 1 unspecified atom stereocenters. The maximum Gasteiger partial charge on any atom is 0.248 e. The summed E-state index contributed by atoms with van der Waals surface area (Å²) >= 11 is 0. The smallest absolute Gasteiger partial charge is 0.248 e. The van der Waals surface area contributed by atoms with Crippen LogP contribution < -0.4 is 27.0 Å². The molecule has 16 heavy (non-hydrogen) atoms. The molecule has 1 aliphatic heterocycles. The summed E-state index contributed by atoms with van der Waals surface area (Å²) < 4.78 is 0. The number of amides is 1. The lowest BCUT2D eigenvalue weighted by Crippen LogP contribution is -2.36. The van der Waals surface area contributed by atoms with Crippen LogP contribution in [-0.4, -0.2) is 12.5 Å². The molecule has 1 amide bonds. The Kier molecular flexibility index (Phi) is 1.97. The molecule has 82 valence electrons. The molecule has 0 saturated carbocycles. The van der Waals surface area contributed by atoms with Gasteiger partial charge in [-0.25, -0.2) is 5.43 Å². The van der Waals surface area contributed by atoms with Gasteiger partial charge in [0, 0.05) is 28.9 Å². The normalized spacial score (nSPS) is 21.8. The van der Waals surface area contributed by atoms with Crippen LogP contribution in [0.25, 0.3) is 11.8 Å². The van der Waals surface area contributed by atoms with Gasteiger partial charge < -0.3 is 11.2 Å². The highest BCUT2D eigenvalue weighted by Gasteiger charge is 2.22. The Hall–Kier alpha value is -1.81.